The molecule has 0 unspecified atom stereocenters. The minimum Gasteiger partial charge on any atom is -0.480 e. The van der Waals surface area contributed by atoms with Crippen molar-refractivity contribution in [2.24, 2.45) is 5.92 Å². The van der Waals surface area contributed by atoms with E-state index in [1.54, 1.807) is 18.7 Å². The maximum Gasteiger partial charge on any atom is 0.410 e. The van der Waals surface area contributed by atoms with Gasteiger partial charge < -0.3 is 14.7 Å². The normalized spacial score (nSPS) is 26.1. The number of carbonyl (C=O) groups excluding carboxylic acids is 2. The summed E-state index contributed by atoms with van der Waals surface area (Å²) in [5.74, 6) is -0.958. The van der Waals surface area contributed by atoms with E-state index in [1.165, 1.54) is 4.90 Å². The van der Waals surface area contributed by atoms with E-state index >= 15 is 0 Å². The molecule has 0 spiro atoms. The lowest BCUT2D eigenvalue weighted by Gasteiger charge is -2.37. The third kappa shape index (κ3) is 4.30. The smallest absolute Gasteiger partial charge is 0.410 e. The van der Waals surface area contributed by atoms with Crippen LogP contribution in [0.3, 0.4) is 0 Å². The molecule has 1 N–H and O–H groups in total. The molecule has 2 rings (SSSR count). The first-order valence-electron chi connectivity index (χ1n) is 9.90. The summed E-state index contributed by atoms with van der Waals surface area (Å²) in [6, 6.07) is -1.52. The average molecular weight is 368 g/mol. The third-order valence-electron chi connectivity index (χ3n) is 5.71. The third-order valence-corrected chi connectivity index (χ3v) is 5.71. The number of hydrogen-bond donors (Lipinski definition) is 1. The monoisotopic (exact) mass is 368 g/mol. The number of amides is 2. The summed E-state index contributed by atoms with van der Waals surface area (Å²) in [7, 11) is 0. The SMILES string of the molecule is CCCCN(C(=O)OCC)[C@@H](C)C(=O)N1[C@H](C(=O)O)C[C@@H]2CCCC[C@@H]21. The summed E-state index contributed by atoms with van der Waals surface area (Å²) in [4.78, 5) is 40.3. The van der Waals surface area contributed by atoms with E-state index in [2.05, 4.69) is 0 Å². The molecular formula is C19H32N2O5. The molecule has 0 aromatic rings. The summed E-state index contributed by atoms with van der Waals surface area (Å²) in [5.41, 5.74) is 0. The largest absolute Gasteiger partial charge is 0.480 e. The number of carbonyl (C=O) groups is 3. The van der Waals surface area contributed by atoms with E-state index in [9.17, 15) is 19.5 Å². The second-order valence-electron chi connectivity index (χ2n) is 7.37. The quantitative estimate of drug-likeness (QED) is 0.746. The Labute approximate surface area is 155 Å². The molecule has 0 aromatic carbocycles. The Kier molecular flexibility index (Phi) is 7.29. The number of likely N-dealkylation sites (tertiary alicyclic amines) is 1. The van der Waals surface area contributed by atoms with Crippen molar-refractivity contribution in [1.82, 2.24) is 9.80 Å². The van der Waals surface area contributed by atoms with Gasteiger partial charge in [-0.2, -0.15) is 0 Å². The van der Waals surface area contributed by atoms with Crippen LogP contribution in [0.4, 0.5) is 4.79 Å². The summed E-state index contributed by atoms with van der Waals surface area (Å²) in [5, 5.41) is 9.64. The molecule has 2 amide bonds. The zero-order chi connectivity index (χ0) is 19.3. The Bertz CT molecular complexity index is 524. The standard InChI is InChI=1S/C19H32N2O5/c1-4-6-11-20(19(25)26-5-2)13(3)17(22)21-15-10-8-7-9-14(15)12-16(21)18(23)24/h13-16H,4-12H2,1-3H3,(H,23,24)/t13-,14-,15-,16-/m0/s1. The van der Waals surface area contributed by atoms with Gasteiger partial charge in [-0.15, -0.1) is 0 Å². The lowest BCUT2D eigenvalue weighted by atomic mass is 9.84. The zero-order valence-corrected chi connectivity index (χ0v) is 16.1. The number of nitrogens with zero attached hydrogens (tertiary/aromatic N) is 2. The first kappa shape index (κ1) is 20.5. The van der Waals surface area contributed by atoms with Gasteiger partial charge in [-0.05, 0) is 45.4 Å². The molecule has 2 aliphatic rings. The van der Waals surface area contributed by atoms with Crippen LogP contribution >= 0.6 is 0 Å². The highest BCUT2D eigenvalue weighted by Crippen LogP contribution is 2.40. The van der Waals surface area contributed by atoms with Crippen LogP contribution in [0.5, 0.6) is 0 Å². The Morgan fingerprint density at radius 1 is 1.23 bits per heavy atom. The lowest BCUT2D eigenvalue weighted by molar-refractivity contribution is -0.152. The molecule has 1 saturated heterocycles. The van der Waals surface area contributed by atoms with Gasteiger partial charge in [0.05, 0.1) is 6.61 Å². The molecular weight excluding hydrogens is 336 g/mol. The summed E-state index contributed by atoms with van der Waals surface area (Å²) in [6.45, 7) is 6.11. The molecule has 0 bridgehead atoms. The molecule has 7 nitrogen and oxygen atoms in total. The van der Waals surface area contributed by atoms with Gasteiger partial charge in [-0.1, -0.05) is 26.2 Å². The Morgan fingerprint density at radius 3 is 2.54 bits per heavy atom. The number of carboxylic acids is 1. The maximum atomic E-state index is 13.2. The van der Waals surface area contributed by atoms with Crippen molar-refractivity contribution in [3.8, 4) is 0 Å². The fourth-order valence-corrected chi connectivity index (χ4v) is 4.32. The second kappa shape index (κ2) is 9.24. The van der Waals surface area contributed by atoms with Crippen LogP contribution in [0.1, 0.15) is 65.7 Å². The molecule has 26 heavy (non-hydrogen) atoms. The Hall–Kier alpha value is -1.79. The minimum absolute atomic E-state index is 0.0185. The van der Waals surface area contributed by atoms with Crippen LogP contribution < -0.4 is 0 Å². The first-order chi connectivity index (χ1) is 12.4. The average Bonchev–Trinajstić information content (AvgIpc) is 3.01. The van der Waals surface area contributed by atoms with Crippen molar-refractivity contribution in [3.63, 3.8) is 0 Å². The molecule has 2 fully saturated rings. The Balaban J connectivity index is 2.21. The molecule has 0 aromatic heterocycles. The van der Waals surface area contributed by atoms with Crippen LogP contribution in [0, 0.1) is 5.92 Å². The number of fused-ring (bicyclic) bond motifs is 1. The molecule has 0 radical (unpaired) electrons. The van der Waals surface area contributed by atoms with E-state index in [1.807, 2.05) is 6.92 Å². The van der Waals surface area contributed by atoms with E-state index in [0.29, 0.717) is 13.0 Å². The van der Waals surface area contributed by atoms with Crippen molar-refractivity contribution in [3.05, 3.63) is 0 Å². The molecule has 1 heterocycles. The van der Waals surface area contributed by atoms with E-state index in [4.69, 9.17) is 4.74 Å². The number of hydrogen-bond acceptors (Lipinski definition) is 4. The summed E-state index contributed by atoms with van der Waals surface area (Å²) in [6.07, 6.45) is 5.61. The zero-order valence-electron chi connectivity index (χ0n) is 16.1. The predicted molar refractivity (Wildman–Crippen MR) is 96.7 cm³/mol. The van der Waals surface area contributed by atoms with Gasteiger partial charge in [0.1, 0.15) is 12.1 Å². The van der Waals surface area contributed by atoms with Crippen LogP contribution in [0.25, 0.3) is 0 Å². The fourth-order valence-electron chi connectivity index (χ4n) is 4.32. The number of ether oxygens (including phenoxy) is 1. The number of carboxylic acid groups (broad SMARTS) is 1. The predicted octanol–water partition coefficient (Wildman–Crippen LogP) is 2.88. The van der Waals surface area contributed by atoms with Crippen LogP contribution in [-0.2, 0) is 14.3 Å². The highest BCUT2D eigenvalue weighted by atomic mass is 16.6. The highest BCUT2D eigenvalue weighted by molar-refractivity contribution is 5.90. The second-order valence-corrected chi connectivity index (χ2v) is 7.37. The molecule has 1 saturated carbocycles. The van der Waals surface area contributed by atoms with Gasteiger partial charge in [-0.25, -0.2) is 9.59 Å². The molecule has 1 aliphatic carbocycles. The van der Waals surface area contributed by atoms with Crippen molar-refractivity contribution in [1.29, 1.82) is 0 Å². The van der Waals surface area contributed by atoms with Crippen molar-refractivity contribution < 1.29 is 24.2 Å². The van der Waals surface area contributed by atoms with Gasteiger partial charge in [-0.3, -0.25) is 9.69 Å². The van der Waals surface area contributed by atoms with Crippen LogP contribution in [-0.4, -0.2) is 64.2 Å². The van der Waals surface area contributed by atoms with Crippen molar-refractivity contribution >= 4 is 18.0 Å². The highest BCUT2D eigenvalue weighted by Gasteiger charge is 2.49. The topological polar surface area (TPSA) is 87.2 Å². The van der Waals surface area contributed by atoms with Gasteiger partial charge in [0.15, 0.2) is 0 Å². The molecule has 1 aliphatic heterocycles. The maximum absolute atomic E-state index is 13.2. The van der Waals surface area contributed by atoms with Gasteiger partial charge in [0, 0.05) is 12.6 Å². The first-order valence-corrected chi connectivity index (χ1v) is 9.90. The van der Waals surface area contributed by atoms with Crippen LogP contribution in [0.2, 0.25) is 0 Å². The van der Waals surface area contributed by atoms with E-state index < -0.39 is 24.1 Å². The van der Waals surface area contributed by atoms with Gasteiger partial charge in [0.25, 0.3) is 0 Å². The number of rotatable bonds is 7. The molecule has 7 heteroatoms. The van der Waals surface area contributed by atoms with Crippen molar-refractivity contribution in [2.45, 2.75) is 83.8 Å². The summed E-state index contributed by atoms with van der Waals surface area (Å²) >= 11 is 0. The van der Waals surface area contributed by atoms with Gasteiger partial charge in [0.2, 0.25) is 5.91 Å². The van der Waals surface area contributed by atoms with Crippen molar-refractivity contribution in [2.75, 3.05) is 13.2 Å². The van der Waals surface area contributed by atoms with Gasteiger partial charge >= 0.3 is 12.1 Å². The summed E-state index contributed by atoms with van der Waals surface area (Å²) < 4.78 is 5.12. The fraction of sp³-hybridized carbons (Fsp3) is 0.842. The molecule has 148 valence electrons. The van der Waals surface area contributed by atoms with E-state index in [-0.39, 0.29) is 24.5 Å². The van der Waals surface area contributed by atoms with Crippen LogP contribution in [0.15, 0.2) is 0 Å². The molecule has 4 atom stereocenters. The number of unbranched alkanes of at least 4 members (excludes halogenated alkanes) is 1. The minimum atomic E-state index is -0.948. The number of aliphatic carboxylic acids is 1. The lowest BCUT2D eigenvalue weighted by Crippen LogP contribution is -2.55. The Morgan fingerprint density at radius 2 is 1.92 bits per heavy atom. The van der Waals surface area contributed by atoms with E-state index in [0.717, 1.165) is 38.5 Å².